The zero-order valence-electron chi connectivity index (χ0n) is 11.9. The van der Waals surface area contributed by atoms with E-state index in [9.17, 15) is 0 Å². The minimum atomic E-state index is 1.23. The van der Waals surface area contributed by atoms with Crippen LogP contribution in [0, 0.1) is 6.92 Å². The summed E-state index contributed by atoms with van der Waals surface area (Å²) >= 11 is 0. The molecule has 0 aliphatic rings. The van der Waals surface area contributed by atoms with Crippen LogP contribution in [0.3, 0.4) is 0 Å². The van der Waals surface area contributed by atoms with Crippen molar-refractivity contribution in [3.05, 3.63) is 48.3 Å². The normalized spacial score (nSPS) is 8.59. The van der Waals surface area contributed by atoms with Crippen molar-refractivity contribution in [2.75, 3.05) is 0 Å². The summed E-state index contributed by atoms with van der Waals surface area (Å²) in [6.45, 7) is 10.1. The Morgan fingerprint density at radius 1 is 0.941 bits per heavy atom. The Kier molecular flexibility index (Phi) is 7.78. The van der Waals surface area contributed by atoms with Crippen molar-refractivity contribution in [2.45, 2.75) is 34.6 Å². The molecule has 1 heterocycles. The lowest BCUT2D eigenvalue weighted by atomic mass is 10.2. The van der Waals surface area contributed by atoms with Gasteiger partial charge in [0.25, 0.3) is 0 Å². The highest BCUT2D eigenvalue weighted by atomic mass is 15.4. The third-order valence-electron chi connectivity index (χ3n) is 2.23. The van der Waals surface area contributed by atoms with Crippen LogP contribution in [-0.2, 0) is 7.05 Å². The molecule has 2 nitrogen and oxygen atoms in total. The van der Waals surface area contributed by atoms with Crippen LogP contribution in [-0.4, -0.2) is 4.68 Å². The lowest BCUT2D eigenvalue weighted by molar-refractivity contribution is -0.744. The fourth-order valence-electron chi connectivity index (χ4n) is 1.49. The van der Waals surface area contributed by atoms with Crippen LogP contribution < -0.4 is 4.68 Å². The standard InChI is InChI=1S/C11H13N2.2C2H6/c1-10-6-3-4-7-11(10)13-9-5-8-12(13)2;2*1-2/h3-9H,1-2H3;2*1-2H3/q+1;;. The average Bonchev–Trinajstić information content (AvgIpc) is 2.81. The predicted molar refractivity (Wildman–Crippen MR) is 74.4 cm³/mol. The van der Waals surface area contributed by atoms with Gasteiger partial charge in [-0.15, -0.1) is 9.36 Å². The molecule has 0 aliphatic heterocycles. The van der Waals surface area contributed by atoms with E-state index >= 15 is 0 Å². The van der Waals surface area contributed by atoms with E-state index in [1.807, 2.05) is 47.0 Å². The van der Waals surface area contributed by atoms with Gasteiger partial charge in [0.2, 0.25) is 0 Å². The third kappa shape index (κ3) is 4.06. The van der Waals surface area contributed by atoms with E-state index in [0.29, 0.717) is 0 Å². The molecule has 0 saturated carbocycles. The second-order valence-corrected chi connectivity index (χ2v) is 3.20. The van der Waals surface area contributed by atoms with Gasteiger partial charge >= 0.3 is 0 Å². The Balaban J connectivity index is 0.000000581. The monoisotopic (exact) mass is 233 g/mol. The quantitative estimate of drug-likeness (QED) is 0.665. The first-order valence-electron chi connectivity index (χ1n) is 6.38. The molecule has 2 heteroatoms. The molecule has 1 aromatic heterocycles. The highest BCUT2D eigenvalue weighted by Crippen LogP contribution is 2.10. The van der Waals surface area contributed by atoms with Crippen molar-refractivity contribution in [1.82, 2.24) is 4.68 Å². The lowest BCUT2D eigenvalue weighted by Crippen LogP contribution is -2.36. The minimum Gasteiger partial charge on any atom is -0.128 e. The van der Waals surface area contributed by atoms with Gasteiger partial charge in [-0.25, -0.2) is 0 Å². The number of hydrogen-bond donors (Lipinski definition) is 0. The van der Waals surface area contributed by atoms with Gasteiger partial charge in [0.15, 0.2) is 13.2 Å². The van der Waals surface area contributed by atoms with E-state index in [1.165, 1.54) is 11.3 Å². The Morgan fingerprint density at radius 3 is 2.00 bits per heavy atom. The minimum absolute atomic E-state index is 1.23. The molecule has 0 unspecified atom stereocenters. The Labute approximate surface area is 106 Å². The maximum absolute atomic E-state index is 2.12. The molecule has 2 rings (SSSR count). The summed E-state index contributed by atoms with van der Waals surface area (Å²) < 4.78 is 4.18. The van der Waals surface area contributed by atoms with Crippen LogP contribution in [0.2, 0.25) is 0 Å². The number of aromatic nitrogens is 2. The second-order valence-electron chi connectivity index (χ2n) is 3.20. The highest BCUT2D eigenvalue weighted by molar-refractivity contribution is 5.38. The van der Waals surface area contributed by atoms with Crippen molar-refractivity contribution in [3.63, 3.8) is 0 Å². The Bertz CT molecular complexity index is 416. The van der Waals surface area contributed by atoms with Crippen molar-refractivity contribution >= 4 is 0 Å². The van der Waals surface area contributed by atoms with Crippen molar-refractivity contribution in [2.24, 2.45) is 7.05 Å². The summed E-state index contributed by atoms with van der Waals surface area (Å²) in [5, 5.41) is 0. The first-order valence-corrected chi connectivity index (χ1v) is 6.38. The van der Waals surface area contributed by atoms with Gasteiger partial charge in [-0.2, -0.15) is 0 Å². The van der Waals surface area contributed by atoms with Crippen molar-refractivity contribution in [1.29, 1.82) is 0 Å². The van der Waals surface area contributed by atoms with Crippen LogP contribution in [0.4, 0.5) is 0 Å². The molecule has 94 valence electrons. The number of benzene rings is 1. The van der Waals surface area contributed by atoms with Gasteiger partial charge in [-0.1, -0.05) is 45.9 Å². The van der Waals surface area contributed by atoms with Gasteiger partial charge in [-0.3, -0.25) is 0 Å². The zero-order valence-corrected chi connectivity index (χ0v) is 11.9. The maximum atomic E-state index is 2.12. The predicted octanol–water partition coefficient (Wildman–Crippen LogP) is 3.66. The summed E-state index contributed by atoms with van der Waals surface area (Å²) in [5.74, 6) is 0. The fourth-order valence-corrected chi connectivity index (χ4v) is 1.49. The van der Waals surface area contributed by atoms with Crippen LogP contribution in [0.1, 0.15) is 33.3 Å². The smallest absolute Gasteiger partial charge is 0.128 e. The summed E-state index contributed by atoms with van der Waals surface area (Å²) in [6.07, 6.45) is 4.09. The molecule has 0 amide bonds. The molecule has 2 aromatic rings. The number of nitrogens with zero attached hydrogens (tertiary/aromatic N) is 2. The summed E-state index contributed by atoms with van der Waals surface area (Å²) in [5.41, 5.74) is 2.52. The number of hydrogen-bond acceptors (Lipinski definition) is 0. The second kappa shape index (κ2) is 8.57. The van der Waals surface area contributed by atoms with Gasteiger partial charge < -0.3 is 0 Å². The SMILES string of the molecule is CC.CC.Cc1ccccc1-n1ccc[n+]1C. The molecule has 0 bridgehead atoms. The molecule has 0 N–H and O–H groups in total. The Morgan fingerprint density at radius 2 is 1.53 bits per heavy atom. The van der Waals surface area contributed by atoms with Gasteiger partial charge in [0, 0.05) is 6.07 Å². The van der Waals surface area contributed by atoms with Crippen LogP contribution >= 0.6 is 0 Å². The molecule has 0 radical (unpaired) electrons. The molecular weight excluding hydrogens is 208 g/mol. The topological polar surface area (TPSA) is 8.81 Å². The van der Waals surface area contributed by atoms with Crippen LogP contribution in [0.25, 0.3) is 5.69 Å². The molecule has 1 aromatic carbocycles. The average molecular weight is 233 g/mol. The largest absolute Gasteiger partial charge is 0.195 e. The van der Waals surface area contributed by atoms with E-state index < -0.39 is 0 Å². The molecule has 0 spiro atoms. The van der Waals surface area contributed by atoms with Gasteiger partial charge in [-0.05, 0) is 18.6 Å². The summed E-state index contributed by atoms with van der Waals surface area (Å²) in [4.78, 5) is 0. The first kappa shape index (κ1) is 15.4. The lowest BCUT2D eigenvalue weighted by Gasteiger charge is -2.02. The molecular formula is C15H25N2+. The number of aryl methyl sites for hydroxylation is 2. The Hall–Kier alpha value is -1.57. The number of para-hydroxylation sites is 1. The molecule has 0 aliphatic carbocycles. The summed E-state index contributed by atoms with van der Waals surface area (Å²) in [6, 6.07) is 10.4. The van der Waals surface area contributed by atoms with E-state index in [4.69, 9.17) is 0 Å². The van der Waals surface area contributed by atoms with Gasteiger partial charge in [0.05, 0.1) is 6.20 Å². The van der Waals surface area contributed by atoms with E-state index in [2.05, 4.69) is 46.7 Å². The maximum Gasteiger partial charge on any atom is 0.195 e. The molecule has 0 saturated heterocycles. The molecule has 0 atom stereocenters. The van der Waals surface area contributed by atoms with Crippen LogP contribution in [0.5, 0.6) is 0 Å². The van der Waals surface area contributed by atoms with Crippen LogP contribution in [0.15, 0.2) is 42.7 Å². The van der Waals surface area contributed by atoms with Gasteiger partial charge in [0.1, 0.15) is 5.69 Å². The first-order chi connectivity index (χ1) is 8.29. The molecule has 17 heavy (non-hydrogen) atoms. The highest BCUT2D eigenvalue weighted by Gasteiger charge is 2.06. The summed E-state index contributed by atoms with van der Waals surface area (Å²) in [7, 11) is 2.03. The fraction of sp³-hybridized carbons (Fsp3) is 0.400. The third-order valence-corrected chi connectivity index (χ3v) is 2.23. The number of rotatable bonds is 1. The van der Waals surface area contributed by atoms with Crippen molar-refractivity contribution in [3.8, 4) is 5.69 Å². The van der Waals surface area contributed by atoms with E-state index in [0.717, 1.165) is 0 Å². The van der Waals surface area contributed by atoms with Crippen molar-refractivity contribution < 1.29 is 4.68 Å². The van der Waals surface area contributed by atoms with E-state index in [-0.39, 0.29) is 0 Å². The zero-order chi connectivity index (χ0) is 13.3. The molecule has 0 fully saturated rings. The van der Waals surface area contributed by atoms with E-state index in [1.54, 1.807) is 0 Å².